The molecule has 1 atom stereocenters. The number of rotatable bonds is 10. The second kappa shape index (κ2) is 12.5. The molecule has 0 unspecified atom stereocenters. The lowest BCUT2D eigenvalue weighted by atomic mass is 9.95. The molecule has 4 heteroatoms. The fourth-order valence-corrected chi connectivity index (χ4v) is 5.34. The van der Waals surface area contributed by atoms with Crippen LogP contribution < -0.4 is 5.32 Å². The largest absolute Gasteiger partial charge is 0.352 e. The van der Waals surface area contributed by atoms with E-state index in [-0.39, 0.29) is 17.9 Å². The van der Waals surface area contributed by atoms with Gasteiger partial charge in [-0.2, -0.15) is 0 Å². The Kier molecular flexibility index (Phi) is 8.94. The summed E-state index contributed by atoms with van der Waals surface area (Å²) in [7, 11) is 0. The molecular weight excluding hydrogens is 432 g/mol. The average Bonchev–Trinajstić information content (AvgIpc) is 2.90. The highest BCUT2D eigenvalue weighted by molar-refractivity contribution is 5.89. The van der Waals surface area contributed by atoms with Gasteiger partial charge < -0.3 is 10.2 Å². The fourth-order valence-electron chi connectivity index (χ4n) is 5.34. The zero-order chi connectivity index (χ0) is 24.5. The molecule has 1 aliphatic rings. The molecule has 0 bridgehead atoms. The molecule has 1 saturated carbocycles. The van der Waals surface area contributed by atoms with Gasteiger partial charge in [-0.3, -0.25) is 9.59 Å². The van der Waals surface area contributed by atoms with E-state index in [1.807, 2.05) is 42.2 Å². The number of amides is 2. The number of nitrogens with one attached hydrogen (secondary N) is 1. The molecule has 0 heterocycles. The Morgan fingerprint density at radius 1 is 0.886 bits per heavy atom. The van der Waals surface area contributed by atoms with E-state index >= 15 is 0 Å². The predicted octanol–water partition coefficient (Wildman–Crippen LogP) is 6.07. The van der Waals surface area contributed by atoms with Gasteiger partial charge in [-0.05, 0) is 54.0 Å². The van der Waals surface area contributed by atoms with Crippen molar-refractivity contribution < 1.29 is 9.59 Å². The van der Waals surface area contributed by atoms with Crippen LogP contribution in [0.1, 0.15) is 63.0 Å². The summed E-state index contributed by atoms with van der Waals surface area (Å²) in [5.74, 6) is 0.0606. The van der Waals surface area contributed by atoms with Crippen LogP contribution in [0.5, 0.6) is 0 Å². The minimum absolute atomic E-state index is 0.00553. The molecule has 1 aliphatic carbocycles. The first-order valence-electron chi connectivity index (χ1n) is 13.3. The van der Waals surface area contributed by atoms with Crippen LogP contribution in [0, 0.1) is 0 Å². The molecule has 1 N–H and O–H groups in total. The third kappa shape index (κ3) is 6.72. The summed E-state index contributed by atoms with van der Waals surface area (Å²) in [6.07, 6.45) is 8.11. The first-order chi connectivity index (χ1) is 17.2. The number of nitrogens with zero attached hydrogens (tertiary/aromatic N) is 1. The summed E-state index contributed by atoms with van der Waals surface area (Å²) in [6, 6.07) is 24.6. The number of hydrogen-bond acceptors (Lipinski definition) is 2. The summed E-state index contributed by atoms with van der Waals surface area (Å²) >= 11 is 0. The maximum atomic E-state index is 13.6. The van der Waals surface area contributed by atoms with Gasteiger partial charge in [0, 0.05) is 19.0 Å². The molecule has 0 aliphatic heterocycles. The van der Waals surface area contributed by atoms with Crippen molar-refractivity contribution in [3.8, 4) is 0 Å². The highest BCUT2D eigenvalue weighted by atomic mass is 16.2. The minimum Gasteiger partial charge on any atom is -0.352 e. The monoisotopic (exact) mass is 470 g/mol. The fraction of sp³-hybridized carbons (Fsp3) is 0.419. The van der Waals surface area contributed by atoms with Gasteiger partial charge >= 0.3 is 0 Å². The molecule has 0 spiro atoms. The third-order valence-electron chi connectivity index (χ3n) is 7.31. The van der Waals surface area contributed by atoms with Crippen molar-refractivity contribution in [2.75, 3.05) is 6.54 Å². The van der Waals surface area contributed by atoms with Crippen molar-refractivity contribution in [1.82, 2.24) is 10.2 Å². The molecule has 0 radical (unpaired) electrons. The van der Waals surface area contributed by atoms with Crippen LogP contribution in [0.3, 0.4) is 0 Å². The molecule has 1 fully saturated rings. The maximum absolute atomic E-state index is 13.6. The topological polar surface area (TPSA) is 49.4 Å². The van der Waals surface area contributed by atoms with Gasteiger partial charge in [0.05, 0.1) is 0 Å². The minimum atomic E-state index is -0.430. The molecular formula is C31H38N2O2. The SMILES string of the molecule is CC[C@H](C(=O)NC1CCCCC1)N(CCc1ccccc1)C(=O)CCc1cccc2ccccc12. The smallest absolute Gasteiger partial charge is 0.243 e. The average molecular weight is 471 g/mol. The number of hydrogen-bond donors (Lipinski definition) is 1. The first-order valence-corrected chi connectivity index (χ1v) is 13.3. The number of carbonyl (C=O) groups excluding carboxylic acids is 2. The Morgan fingerprint density at radius 2 is 1.60 bits per heavy atom. The second-order valence-electron chi connectivity index (χ2n) is 9.73. The lowest BCUT2D eigenvalue weighted by molar-refractivity contribution is -0.141. The lowest BCUT2D eigenvalue weighted by Gasteiger charge is -2.33. The van der Waals surface area contributed by atoms with Crippen molar-refractivity contribution in [2.24, 2.45) is 0 Å². The molecule has 4 rings (SSSR count). The van der Waals surface area contributed by atoms with Crippen LogP contribution in [-0.4, -0.2) is 35.3 Å². The number of carbonyl (C=O) groups is 2. The van der Waals surface area contributed by atoms with Crippen LogP contribution in [0.15, 0.2) is 72.8 Å². The zero-order valence-corrected chi connectivity index (χ0v) is 20.9. The van der Waals surface area contributed by atoms with E-state index in [4.69, 9.17) is 0 Å². The Balaban J connectivity index is 1.48. The predicted molar refractivity (Wildman–Crippen MR) is 143 cm³/mol. The number of benzene rings is 3. The third-order valence-corrected chi connectivity index (χ3v) is 7.31. The van der Waals surface area contributed by atoms with Crippen LogP contribution in [0.2, 0.25) is 0 Å². The molecule has 0 saturated heterocycles. The van der Waals surface area contributed by atoms with Crippen LogP contribution in [0.4, 0.5) is 0 Å². The molecule has 35 heavy (non-hydrogen) atoms. The van der Waals surface area contributed by atoms with Gasteiger partial charge in [0.25, 0.3) is 0 Å². The standard InChI is InChI=1S/C31H38N2O2/c1-2-29(31(35)32-27-17-7-4-8-18-27)33(23-22-24-12-5-3-6-13-24)30(34)21-20-26-16-11-15-25-14-9-10-19-28(25)26/h3,5-6,9-16,19,27,29H,2,4,7-8,17-18,20-23H2,1H3,(H,32,35)/t29-/m1/s1. The molecule has 184 valence electrons. The maximum Gasteiger partial charge on any atom is 0.243 e. The van der Waals surface area contributed by atoms with Crippen molar-refractivity contribution in [3.63, 3.8) is 0 Å². The lowest BCUT2D eigenvalue weighted by Crippen LogP contribution is -2.52. The van der Waals surface area contributed by atoms with Gasteiger partial charge in [-0.15, -0.1) is 0 Å². The number of aryl methyl sites for hydroxylation is 1. The van der Waals surface area contributed by atoms with Gasteiger partial charge in [-0.1, -0.05) is 99.0 Å². The molecule has 0 aromatic heterocycles. The van der Waals surface area contributed by atoms with Crippen molar-refractivity contribution >= 4 is 22.6 Å². The highest BCUT2D eigenvalue weighted by Gasteiger charge is 2.29. The highest BCUT2D eigenvalue weighted by Crippen LogP contribution is 2.22. The zero-order valence-electron chi connectivity index (χ0n) is 20.9. The normalized spacial score (nSPS) is 15.0. The number of fused-ring (bicyclic) bond motifs is 1. The van der Waals surface area contributed by atoms with E-state index in [1.54, 1.807) is 0 Å². The molecule has 2 amide bonds. The van der Waals surface area contributed by atoms with E-state index in [9.17, 15) is 9.59 Å². The quantitative estimate of drug-likeness (QED) is 0.391. The summed E-state index contributed by atoms with van der Waals surface area (Å²) in [5.41, 5.74) is 2.36. The first kappa shape index (κ1) is 25.0. The van der Waals surface area contributed by atoms with Gasteiger partial charge in [0.1, 0.15) is 6.04 Å². The van der Waals surface area contributed by atoms with E-state index < -0.39 is 6.04 Å². The molecule has 3 aromatic carbocycles. The Hall–Kier alpha value is -3.14. The van der Waals surface area contributed by atoms with Crippen molar-refractivity contribution in [2.45, 2.75) is 76.8 Å². The van der Waals surface area contributed by atoms with E-state index in [0.29, 0.717) is 25.8 Å². The van der Waals surface area contributed by atoms with Crippen molar-refractivity contribution in [3.05, 3.63) is 83.9 Å². The Morgan fingerprint density at radius 3 is 2.37 bits per heavy atom. The molecule has 4 nitrogen and oxygen atoms in total. The van der Waals surface area contributed by atoms with Crippen molar-refractivity contribution in [1.29, 1.82) is 0 Å². The van der Waals surface area contributed by atoms with E-state index in [1.165, 1.54) is 41.2 Å². The Labute approximate surface area is 209 Å². The van der Waals surface area contributed by atoms with Crippen LogP contribution in [-0.2, 0) is 22.4 Å². The van der Waals surface area contributed by atoms with Gasteiger partial charge in [0.2, 0.25) is 11.8 Å². The summed E-state index contributed by atoms with van der Waals surface area (Å²) in [5, 5.41) is 5.66. The second-order valence-corrected chi connectivity index (χ2v) is 9.73. The molecule has 3 aromatic rings. The summed E-state index contributed by atoms with van der Waals surface area (Å²) in [4.78, 5) is 28.8. The van der Waals surface area contributed by atoms with Gasteiger partial charge in [-0.25, -0.2) is 0 Å². The van der Waals surface area contributed by atoms with Gasteiger partial charge in [0.15, 0.2) is 0 Å². The van der Waals surface area contributed by atoms with Crippen LogP contribution >= 0.6 is 0 Å². The van der Waals surface area contributed by atoms with E-state index in [2.05, 4.69) is 47.8 Å². The Bertz CT molecular complexity index is 1100. The summed E-state index contributed by atoms with van der Waals surface area (Å²) < 4.78 is 0. The van der Waals surface area contributed by atoms with Crippen LogP contribution in [0.25, 0.3) is 10.8 Å². The summed E-state index contributed by atoms with van der Waals surface area (Å²) in [6.45, 7) is 2.56. The van der Waals surface area contributed by atoms with E-state index in [0.717, 1.165) is 19.3 Å².